The van der Waals surface area contributed by atoms with Gasteiger partial charge >= 0.3 is 0 Å². The highest BCUT2D eigenvalue weighted by molar-refractivity contribution is 9.12. The van der Waals surface area contributed by atoms with E-state index in [2.05, 4.69) is 31.9 Å². The zero-order chi connectivity index (χ0) is 10.7. The predicted molar refractivity (Wildman–Crippen MR) is 62.2 cm³/mol. The number of fused-ring (bicyclic) bond motifs is 1. The number of hydrogen-bond acceptors (Lipinski definition) is 3. The Morgan fingerprint density at radius 3 is 1.71 bits per heavy atom. The summed E-state index contributed by atoms with van der Waals surface area (Å²) in [5, 5.41) is 0. The van der Waals surface area contributed by atoms with E-state index in [9.17, 15) is 9.59 Å². The molecule has 0 atom stereocenters. The van der Waals surface area contributed by atoms with Gasteiger partial charge in [0.1, 0.15) is 0 Å². The molecule has 1 aromatic rings. The summed E-state index contributed by atoms with van der Waals surface area (Å²) in [5.74, 6) is -0.183. The maximum Gasteiger partial charge on any atom is 0.178 e. The molecule has 1 heterocycles. The summed E-state index contributed by atoms with van der Waals surface area (Å²) >= 11 is 7.98. The van der Waals surface area contributed by atoms with Crippen molar-refractivity contribution in [2.45, 2.75) is 13.8 Å². The van der Waals surface area contributed by atoms with Gasteiger partial charge < -0.3 is 0 Å². The van der Waals surface area contributed by atoms with Gasteiger partial charge in [-0.05, 0) is 45.7 Å². The van der Waals surface area contributed by atoms with Crippen LogP contribution in [0.4, 0.5) is 0 Å². The first-order chi connectivity index (χ1) is 6.37. The summed E-state index contributed by atoms with van der Waals surface area (Å²) in [6.45, 7) is 3.34. The average Bonchev–Trinajstić information content (AvgIpc) is 2.45. The molecular formula is C9H6Br2O2S. The van der Waals surface area contributed by atoms with Crippen molar-refractivity contribution < 1.29 is 9.59 Å². The van der Waals surface area contributed by atoms with Crippen molar-refractivity contribution in [3.8, 4) is 0 Å². The minimum absolute atomic E-state index is 0.0914. The summed E-state index contributed by atoms with van der Waals surface area (Å²) in [5.41, 5.74) is 0.178. The Morgan fingerprint density at radius 2 is 1.36 bits per heavy atom. The number of ketones is 2. The second-order valence-electron chi connectivity index (χ2n) is 3.68. The molecule has 0 amide bonds. The number of thiophene rings is 1. The Kier molecular flexibility index (Phi) is 2.25. The highest BCUT2D eigenvalue weighted by Gasteiger charge is 2.48. The number of hydrogen-bond donors (Lipinski definition) is 0. The van der Waals surface area contributed by atoms with Crippen LogP contribution in [0, 0.1) is 5.41 Å². The van der Waals surface area contributed by atoms with Crippen LogP contribution in [0.2, 0.25) is 0 Å². The molecular weight excluding hydrogens is 332 g/mol. The van der Waals surface area contributed by atoms with Crippen LogP contribution in [0.5, 0.6) is 0 Å². The fourth-order valence-electron chi connectivity index (χ4n) is 1.51. The van der Waals surface area contributed by atoms with Crippen LogP contribution in [0.1, 0.15) is 34.6 Å². The molecule has 74 valence electrons. The first-order valence-corrected chi connectivity index (χ1v) is 6.35. The normalized spacial score (nSPS) is 18.9. The third-order valence-electron chi connectivity index (χ3n) is 2.41. The average molecular weight is 338 g/mol. The van der Waals surface area contributed by atoms with Gasteiger partial charge in [-0.2, -0.15) is 0 Å². The molecule has 0 saturated carbocycles. The van der Waals surface area contributed by atoms with E-state index in [1.807, 2.05) is 0 Å². The SMILES string of the molecule is CC1(C)C(=O)c2c(Br)sc(Br)c2C1=O. The maximum absolute atomic E-state index is 11.9. The van der Waals surface area contributed by atoms with Gasteiger partial charge in [0.05, 0.1) is 24.1 Å². The molecule has 0 aromatic carbocycles. The molecule has 0 N–H and O–H groups in total. The monoisotopic (exact) mass is 336 g/mol. The van der Waals surface area contributed by atoms with E-state index < -0.39 is 5.41 Å². The summed E-state index contributed by atoms with van der Waals surface area (Å²) in [6.07, 6.45) is 0. The van der Waals surface area contributed by atoms with Crippen LogP contribution >= 0.6 is 43.2 Å². The molecule has 0 saturated heterocycles. The first kappa shape index (κ1) is 10.5. The Labute approximate surface area is 102 Å². The van der Waals surface area contributed by atoms with Crippen molar-refractivity contribution in [1.29, 1.82) is 0 Å². The van der Waals surface area contributed by atoms with Crippen LogP contribution in [0.25, 0.3) is 0 Å². The zero-order valence-electron chi connectivity index (χ0n) is 7.48. The van der Waals surface area contributed by atoms with E-state index in [0.29, 0.717) is 11.1 Å². The van der Waals surface area contributed by atoms with Crippen LogP contribution in [-0.2, 0) is 0 Å². The smallest absolute Gasteiger partial charge is 0.178 e. The van der Waals surface area contributed by atoms with Crippen molar-refractivity contribution >= 4 is 54.8 Å². The molecule has 2 nitrogen and oxygen atoms in total. The third-order valence-corrected chi connectivity index (χ3v) is 4.94. The van der Waals surface area contributed by atoms with Gasteiger partial charge in [-0.1, -0.05) is 0 Å². The Hall–Kier alpha value is -0.000000000000000167. The zero-order valence-corrected chi connectivity index (χ0v) is 11.5. The molecule has 0 spiro atoms. The van der Waals surface area contributed by atoms with Crippen molar-refractivity contribution in [3.63, 3.8) is 0 Å². The van der Waals surface area contributed by atoms with Crippen LogP contribution in [0.15, 0.2) is 7.57 Å². The molecule has 0 unspecified atom stereocenters. The number of carbonyl (C=O) groups excluding carboxylic acids is 2. The second kappa shape index (κ2) is 3.00. The summed E-state index contributed by atoms with van der Waals surface area (Å²) in [4.78, 5) is 23.8. The van der Waals surface area contributed by atoms with Gasteiger partial charge in [-0.25, -0.2) is 0 Å². The van der Waals surface area contributed by atoms with Crippen molar-refractivity contribution in [2.24, 2.45) is 5.41 Å². The fourth-order valence-corrected chi connectivity index (χ4v) is 4.64. The van der Waals surface area contributed by atoms with E-state index in [4.69, 9.17) is 0 Å². The van der Waals surface area contributed by atoms with Gasteiger partial charge in [0.25, 0.3) is 0 Å². The van der Waals surface area contributed by atoms with Crippen molar-refractivity contribution in [1.82, 2.24) is 0 Å². The lowest BCUT2D eigenvalue weighted by Gasteiger charge is -2.12. The lowest BCUT2D eigenvalue weighted by atomic mass is 9.88. The molecule has 1 aromatic heterocycles. The fraction of sp³-hybridized carbons (Fsp3) is 0.333. The number of carbonyl (C=O) groups is 2. The Balaban J connectivity index is 2.78. The number of halogens is 2. The maximum atomic E-state index is 11.9. The van der Waals surface area contributed by atoms with Gasteiger partial charge in [-0.15, -0.1) is 11.3 Å². The molecule has 0 radical (unpaired) electrons. The molecule has 0 aliphatic heterocycles. The molecule has 1 aliphatic rings. The quantitative estimate of drug-likeness (QED) is 0.677. The third kappa shape index (κ3) is 1.12. The predicted octanol–water partition coefficient (Wildman–Crippen LogP) is 3.68. The molecule has 0 fully saturated rings. The van der Waals surface area contributed by atoms with Crippen LogP contribution < -0.4 is 0 Å². The van der Waals surface area contributed by atoms with Gasteiger partial charge in [0.15, 0.2) is 11.6 Å². The molecule has 1 aliphatic carbocycles. The molecule has 2 rings (SSSR count). The topological polar surface area (TPSA) is 34.1 Å². The van der Waals surface area contributed by atoms with E-state index in [1.54, 1.807) is 13.8 Å². The standard InChI is InChI=1S/C9H6Br2O2S/c1-9(2)5(12)3-4(6(9)13)8(11)14-7(3)10/h1-2H3. The van der Waals surface area contributed by atoms with Gasteiger partial charge in [0, 0.05) is 0 Å². The number of rotatable bonds is 0. The largest absolute Gasteiger partial charge is 0.293 e. The minimum Gasteiger partial charge on any atom is -0.293 e. The lowest BCUT2D eigenvalue weighted by molar-refractivity contribution is 0.0746. The van der Waals surface area contributed by atoms with Crippen molar-refractivity contribution in [2.75, 3.05) is 0 Å². The molecule has 0 bridgehead atoms. The van der Waals surface area contributed by atoms with E-state index in [1.165, 1.54) is 11.3 Å². The van der Waals surface area contributed by atoms with E-state index >= 15 is 0 Å². The van der Waals surface area contributed by atoms with Crippen molar-refractivity contribution in [3.05, 3.63) is 18.7 Å². The number of Topliss-reactive ketones (excluding diaryl/α,β-unsaturated/α-hetero) is 2. The highest BCUT2D eigenvalue weighted by Crippen LogP contribution is 2.47. The second-order valence-corrected chi connectivity index (χ2v) is 7.34. The highest BCUT2D eigenvalue weighted by atomic mass is 79.9. The molecule has 14 heavy (non-hydrogen) atoms. The Morgan fingerprint density at radius 1 is 1.00 bits per heavy atom. The van der Waals surface area contributed by atoms with Crippen LogP contribution in [0.3, 0.4) is 0 Å². The minimum atomic E-state index is -0.899. The first-order valence-electron chi connectivity index (χ1n) is 3.94. The molecule has 5 heteroatoms. The summed E-state index contributed by atoms with van der Waals surface area (Å²) < 4.78 is 1.48. The van der Waals surface area contributed by atoms with E-state index in [0.717, 1.165) is 7.57 Å². The van der Waals surface area contributed by atoms with Crippen LogP contribution in [-0.4, -0.2) is 11.6 Å². The van der Waals surface area contributed by atoms with Gasteiger partial charge in [-0.3, -0.25) is 9.59 Å². The van der Waals surface area contributed by atoms with Gasteiger partial charge in [0.2, 0.25) is 0 Å². The van der Waals surface area contributed by atoms with E-state index in [-0.39, 0.29) is 11.6 Å². The summed E-state index contributed by atoms with van der Waals surface area (Å²) in [7, 11) is 0. The lowest BCUT2D eigenvalue weighted by Crippen LogP contribution is -2.25. The summed E-state index contributed by atoms with van der Waals surface area (Å²) in [6, 6.07) is 0. The Bertz CT molecular complexity index is 421.